The highest BCUT2D eigenvalue weighted by Gasteiger charge is 2.70. The number of Topliss-reactive ketones (excluding diaryl/α,β-unsaturated/α-hetero) is 1. The molecule has 0 aromatic heterocycles. The van der Waals surface area contributed by atoms with Crippen LogP contribution in [0.1, 0.15) is 84.6 Å². The second-order valence-corrected chi connectivity index (χ2v) is 14.9. The summed E-state index contributed by atoms with van der Waals surface area (Å²) in [5, 5.41) is 8.50. The summed E-state index contributed by atoms with van der Waals surface area (Å²) >= 11 is 0. The first-order valence-electron chi connectivity index (χ1n) is 17.6. The van der Waals surface area contributed by atoms with Crippen LogP contribution in [0.4, 0.5) is 4.79 Å². The lowest BCUT2D eigenvalue weighted by atomic mass is 9.83. The number of nitrogens with zero attached hydrogens (tertiary/aromatic N) is 1. The van der Waals surface area contributed by atoms with Crippen molar-refractivity contribution < 1.29 is 33.5 Å². The van der Waals surface area contributed by atoms with Crippen LogP contribution in [0.5, 0.6) is 0 Å². The van der Waals surface area contributed by atoms with E-state index in [-0.39, 0.29) is 47.5 Å². The number of fused-ring (bicyclic) bond motifs is 1. The minimum atomic E-state index is -1.09. The van der Waals surface area contributed by atoms with Crippen LogP contribution in [0.25, 0.3) is 0 Å². The van der Waals surface area contributed by atoms with Crippen molar-refractivity contribution in [3.8, 4) is 0 Å². The van der Waals surface area contributed by atoms with E-state index in [0.29, 0.717) is 25.8 Å². The van der Waals surface area contributed by atoms with Crippen molar-refractivity contribution in [3.63, 3.8) is 0 Å². The van der Waals surface area contributed by atoms with E-state index in [4.69, 9.17) is 10.5 Å². The van der Waals surface area contributed by atoms with E-state index in [0.717, 1.165) is 37.7 Å². The fourth-order valence-electron chi connectivity index (χ4n) is 7.87. The maximum atomic E-state index is 14.5. The highest BCUT2D eigenvalue weighted by molar-refractivity contribution is 6.38. The van der Waals surface area contributed by atoms with Crippen molar-refractivity contribution in [1.29, 1.82) is 0 Å². The molecule has 5 N–H and O–H groups in total. The molecular formula is C36H51N5O7. The Morgan fingerprint density at radius 2 is 1.56 bits per heavy atom. The fraction of sp³-hybridized carbons (Fsp3) is 0.667. The minimum absolute atomic E-state index is 0.0722. The van der Waals surface area contributed by atoms with Gasteiger partial charge in [-0.05, 0) is 66.3 Å². The monoisotopic (exact) mass is 665 g/mol. The first-order chi connectivity index (χ1) is 22.8. The standard InChI is InChI=1S/C36H51N5O7/c1-5-20(2)26(34(46)48-19-21-12-8-6-9-13-21)39-35(47)40-28(22-14-10-7-11-15-22)33(45)41-18-24-25(36(24,3)4)29(41)32(44)38-27(23-16-17-23)30(42)31(37)43/h6,8-9,12-13,20,22-29H,5,7,10-11,14-19H2,1-4H3,(H2,37,43)(H,38,44)(H2,39,40,47)/t20?,24-,25-,26?,27?,28-,29-/m0/s1. The summed E-state index contributed by atoms with van der Waals surface area (Å²) in [6.45, 7) is 8.33. The van der Waals surface area contributed by atoms with Gasteiger partial charge in [-0.3, -0.25) is 19.2 Å². The van der Waals surface area contributed by atoms with E-state index in [1.807, 2.05) is 44.2 Å². The number of amides is 5. The number of urea groups is 1. The first kappa shape index (κ1) is 35.3. The van der Waals surface area contributed by atoms with Gasteiger partial charge in [0.25, 0.3) is 5.91 Å². The molecule has 0 radical (unpaired) electrons. The number of hydrogen-bond donors (Lipinski definition) is 4. The van der Waals surface area contributed by atoms with E-state index < -0.39 is 53.8 Å². The van der Waals surface area contributed by atoms with Crippen molar-refractivity contribution >= 4 is 35.5 Å². The molecule has 1 aromatic rings. The smallest absolute Gasteiger partial charge is 0.329 e. The summed E-state index contributed by atoms with van der Waals surface area (Å²) in [4.78, 5) is 81.1. The lowest BCUT2D eigenvalue weighted by molar-refractivity contribution is -0.148. The number of likely N-dealkylation sites (tertiary alicyclic amines) is 1. The van der Waals surface area contributed by atoms with Gasteiger partial charge >= 0.3 is 12.0 Å². The quantitative estimate of drug-likeness (QED) is 0.174. The van der Waals surface area contributed by atoms with Gasteiger partial charge in [0.2, 0.25) is 17.6 Å². The Balaban J connectivity index is 1.32. The number of rotatable bonds is 14. The third kappa shape index (κ3) is 7.68. The molecule has 1 aromatic carbocycles. The van der Waals surface area contributed by atoms with Crippen LogP contribution in [-0.4, -0.2) is 71.1 Å². The molecule has 0 bridgehead atoms. The first-order valence-corrected chi connectivity index (χ1v) is 17.6. The number of benzene rings is 1. The lowest BCUT2D eigenvalue weighted by Crippen LogP contribution is -2.61. The summed E-state index contributed by atoms with van der Waals surface area (Å²) in [7, 11) is 0. The van der Waals surface area contributed by atoms with Crippen LogP contribution in [0.2, 0.25) is 0 Å². The third-order valence-electron chi connectivity index (χ3n) is 11.3. The predicted octanol–water partition coefficient (Wildman–Crippen LogP) is 2.82. The van der Waals surface area contributed by atoms with Gasteiger partial charge in [0.15, 0.2) is 0 Å². The number of carbonyl (C=O) groups is 6. The number of ketones is 1. The third-order valence-corrected chi connectivity index (χ3v) is 11.3. The molecule has 0 spiro atoms. The molecule has 5 rings (SSSR count). The molecule has 262 valence electrons. The lowest BCUT2D eigenvalue weighted by Gasteiger charge is -2.37. The average molecular weight is 666 g/mol. The van der Waals surface area contributed by atoms with Gasteiger partial charge in [0.1, 0.15) is 30.8 Å². The summed E-state index contributed by atoms with van der Waals surface area (Å²) in [6.07, 6.45) is 6.37. The van der Waals surface area contributed by atoms with Gasteiger partial charge in [-0.2, -0.15) is 0 Å². The molecule has 12 heteroatoms. The van der Waals surface area contributed by atoms with Crippen LogP contribution in [0.15, 0.2) is 30.3 Å². The van der Waals surface area contributed by atoms with Crippen LogP contribution >= 0.6 is 0 Å². The zero-order valence-electron chi connectivity index (χ0n) is 28.5. The highest BCUT2D eigenvalue weighted by atomic mass is 16.5. The molecular weight excluding hydrogens is 614 g/mol. The normalized spacial score (nSPS) is 25.4. The van der Waals surface area contributed by atoms with Crippen LogP contribution in [-0.2, 0) is 35.3 Å². The average Bonchev–Trinajstić information content (AvgIpc) is 3.96. The molecule has 3 saturated carbocycles. The topological polar surface area (TPSA) is 177 Å². The van der Waals surface area contributed by atoms with E-state index in [1.54, 1.807) is 4.90 Å². The predicted molar refractivity (Wildman–Crippen MR) is 177 cm³/mol. The van der Waals surface area contributed by atoms with Gasteiger partial charge in [-0.15, -0.1) is 0 Å². The molecule has 3 aliphatic carbocycles. The fourth-order valence-corrected chi connectivity index (χ4v) is 7.87. The molecule has 4 fully saturated rings. The van der Waals surface area contributed by atoms with E-state index in [9.17, 15) is 28.8 Å². The zero-order valence-corrected chi connectivity index (χ0v) is 28.5. The van der Waals surface area contributed by atoms with E-state index >= 15 is 0 Å². The Morgan fingerprint density at radius 1 is 0.917 bits per heavy atom. The van der Waals surface area contributed by atoms with Crippen LogP contribution in [0.3, 0.4) is 0 Å². The number of primary amides is 1. The van der Waals surface area contributed by atoms with Crippen LogP contribution < -0.4 is 21.7 Å². The number of ether oxygens (including phenoxy) is 1. The Labute approximate surface area is 282 Å². The number of hydrogen-bond acceptors (Lipinski definition) is 7. The molecule has 5 amide bonds. The van der Waals surface area contributed by atoms with Crippen molar-refractivity contribution in [2.45, 2.75) is 110 Å². The Hall–Kier alpha value is -3.96. The molecule has 48 heavy (non-hydrogen) atoms. The molecule has 3 unspecified atom stereocenters. The summed E-state index contributed by atoms with van der Waals surface area (Å²) in [6, 6.07) is 4.94. The number of esters is 1. The SMILES string of the molecule is CCC(C)C(NC(=O)N[C@H](C(=O)N1C[C@H]2[C@@H]([C@H]1C(=O)NC(C(=O)C(N)=O)C1CC1)C2(C)C)C1CCCCC1)C(=O)OCc1ccccc1. The second-order valence-electron chi connectivity index (χ2n) is 14.9. The van der Waals surface area contributed by atoms with Crippen molar-refractivity contribution in [1.82, 2.24) is 20.9 Å². The van der Waals surface area contributed by atoms with Crippen molar-refractivity contribution in [3.05, 3.63) is 35.9 Å². The molecule has 4 aliphatic rings. The Morgan fingerprint density at radius 3 is 2.17 bits per heavy atom. The van der Waals surface area contributed by atoms with E-state index in [2.05, 4.69) is 29.8 Å². The molecule has 12 nitrogen and oxygen atoms in total. The number of nitrogens with one attached hydrogen (secondary N) is 3. The summed E-state index contributed by atoms with van der Waals surface area (Å²) < 4.78 is 5.57. The molecule has 1 heterocycles. The number of nitrogens with two attached hydrogens (primary N) is 1. The van der Waals surface area contributed by atoms with Crippen molar-refractivity contribution in [2.75, 3.05) is 6.54 Å². The maximum Gasteiger partial charge on any atom is 0.329 e. The number of carbonyl (C=O) groups excluding carboxylic acids is 6. The van der Waals surface area contributed by atoms with Gasteiger partial charge in [0.05, 0.1) is 0 Å². The van der Waals surface area contributed by atoms with E-state index in [1.165, 1.54) is 0 Å². The molecule has 1 saturated heterocycles. The molecule has 7 atom stereocenters. The second kappa shape index (κ2) is 14.7. The number of piperidine rings is 1. The Bertz CT molecular complexity index is 1390. The van der Waals surface area contributed by atoms with Gasteiger partial charge in [0, 0.05) is 6.54 Å². The summed E-state index contributed by atoms with van der Waals surface area (Å²) in [5.41, 5.74) is 5.94. The van der Waals surface area contributed by atoms with Gasteiger partial charge < -0.3 is 31.3 Å². The minimum Gasteiger partial charge on any atom is -0.459 e. The zero-order chi connectivity index (χ0) is 34.7. The van der Waals surface area contributed by atoms with Crippen molar-refractivity contribution in [2.24, 2.45) is 40.7 Å². The highest BCUT2D eigenvalue weighted by Crippen LogP contribution is 2.65. The Kier molecular flexibility index (Phi) is 10.8. The largest absolute Gasteiger partial charge is 0.459 e. The van der Waals surface area contributed by atoms with Crippen LogP contribution in [0, 0.1) is 35.0 Å². The summed E-state index contributed by atoms with van der Waals surface area (Å²) in [5.74, 6) is -3.88. The molecule has 1 aliphatic heterocycles. The van der Waals surface area contributed by atoms with Gasteiger partial charge in [-0.25, -0.2) is 9.59 Å². The maximum absolute atomic E-state index is 14.5. The van der Waals surface area contributed by atoms with Gasteiger partial charge in [-0.1, -0.05) is 83.7 Å².